The Bertz CT molecular complexity index is 588. The van der Waals surface area contributed by atoms with E-state index in [4.69, 9.17) is 8.94 Å². The van der Waals surface area contributed by atoms with Crippen molar-refractivity contribution < 1.29 is 13.7 Å². The van der Waals surface area contributed by atoms with Crippen LogP contribution in [-0.4, -0.2) is 21.3 Å². The number of nitrogens with zero attached hydrogens (tertiary/aromatic N) is 3. The van der Waals surface area contributed by atoms with Gasteiger partial charge in [-0.25, -0.2) is 0 Å². The summed E-state index contributed by atoms with van der Waals surface area (Å²) < 4.78 is 10.5. The van der Waals surface area contributed by atoms with Crippen LogP contribution in [0.1, 0.15) is 56.0 Å². The van der Waals surface area contributed by atoms with Crippen LogP contribution in [0.15, 0.2) is 15.0 Å². The normalized spacial score (nSPS) is 12.7. The van der Waals surface area contributed by atoms with Crippen molar-refractivity contribution in [1.29, 1.82) is 0 Å². The lowest BCUT2D eigenvalue weighted by molar-refractivity contribution is -0.121. The fourth-order valence-electron chi connectivity index (χ4n) is 1.67. The third kappa shape index (κ3) is 3.43. The van der Waals surface area contributed by atoms with E-state index in [1.165, 1.54) is 0 Å². The third-order valence-electron chi connectivity index (χ3n) is 2.71. The second kappa shape index (κ2) is 5.85. The molecule has 0 saturated carbocycles. The van der Waals surface area contributed by atoms with Crippen LogP contribution in [0.4, 0.5) is 0 Å². The summed E-state index contributed by atoms with van der Waals surface area (Å²) in [5, 5.41) is 14.4. The van der Waals surface area contributed by atoms with E-state index >= 15 is 0 Å². The minimum atomic E-state index is -0.341. The van der Waals surface area contributed by atoms with E-state index < -0.39 is 0 Å². The molecule has 2 aromatic heterocycles. The van der Waals surface area contributed by atoms with Gasteiger partial charge in [-0.05, 0) is 13.8 Å². The van der Waals surface area contributed by atoms with E-state index in [1.54, 1.807) is 19.9 Å². The lowest BCUT2D eigenvalue weighted by atomic mass is 10.2. The Hall–Kier alpha value is -2.18. The summed E-state index contributed by atoms with van der Waals surface area (Å²) in [6, 6.07) is 1.39. The van der Waals surface area contributed by atoms with Crippen molar-refractivity contribution in [3.05, 3.63) is 29.3 Å². The highest BCUT2D eigenvalue weighted by Gasteiger charge is 2.18. The predicted octanol–water partition coefficient (Wildman–Crippen LogP) is 1.91. The van der Waals surface area contributed by atoms with Gasteiger partial charge in [0.2, 0.25) is 17.7 Å². The summed E-state index contributed by atoms with van der Waals surface area (Å²) in [6.07, 6.45) is 0.135. The van der Waals surface area contributed by atoms with Crippen LogP contribution in [0.3, 0.4) is 0 Å². The fraction of sp³-hybridized carbons (Fsp3) is 0.538. The number of amides is 1. The zero-order valence-electron chi connectivity index (χ0n) is 12.0. The number of hydrogen-bond donors (Lipinski definition) is 1. The second-order valence-corrected chi connectivity index (χ2v) is 5.03. The third-order valence-corrected chi connectivity index (χ3v) is 2.71. The van der Waals surface area contributed by atoms with Crippen molar-refractivity contribution in [2.75, 3.05) is 0 Å². The molecule has 0 aliphatic rings. The molecule has 1 N–H and O–H groups in total. The fourth-order valence-corrected chi connectivity index (χ4v) is 1.67. The van der Waals surface area contributed by atoms with Crippen LogP contribution in [0.5, 0.6) is 0 Å². The first kappa shape index (κ1) is 14.2. The van der Waals surface area contributed by atoms with E-state index in [0.717, 1.165) is 5.69 Å². The predicted molar refractivity (Wildman–Crippen MR) is 69.9 cm³/mol. The first-order valence-electron chi connectivity index (χ1n) is 6.50. The van der Waals surface area contributed by atoms with Crippen molar-refractivity contribution in [1.82, 2.24) is 20.7 Å². The molecule has 0 aliphatic carbocycles. The molecule has 1 amide bonds. The average Bonchev–Trinajstić information content (AvgIpc) is 2.98. The number of nitrogens with one attached hydrogen (secondary N) is 1. The van der Waals surface area contributed by atoms with Crippen LogP contribution < -0.4 is 5.32 Å². The van der Waals surface area contributed by atoms with Crippen LogP contribution >= 0.6 is 0 Å². The van der Waals surface area contributed by atoms with Crippen molar-refractivity contribution in [3.63, 3.8) is 0 Å². The maximum atomic E-state index is 11.9. The Balaban J connectivity index is 1.92. The molecule has 0 bridgehead atoms. The molecule has 0 radical (unpaired) electrons. The summed E-state index contributed by atoms with van der Waals surface area (Å²) in [6.45, 7) is 7.53. The van der Waals surface area contributed by atoms with E-state index in [9.17, 15) is 4.79 Å². The largest absolute Gasteiger partial charge is 0.423 e. The molecule has 20 heavy (non-hydrogen) atoms. The molecule has 0 unspecified atom stereocenters. The first-order valence-corrected chi connectivity index (χ1v) is 6.50. The Morgan fingerprint density at radius 1 is 1.30 bits per heavy atom. The van der Waals surface area contributed by atoms with Gasteiger partial charge in [-0.3, -0.25) is 4.79 Å². The molecule has 0 saturated heterocycles. The monoisotopic (exact) mass is 278 g/mol. The first-order chi connectivity index (χ1) is 9.45. The number of rotatable bonds is 5. The van der Waals surface area contributed by atoms with Crippen LogP contribution in [0.25, 0.3) is 0 Å². The van der Waals surface area contributed by atoms with Gasteiger partial charge in [0.1, 0.15) is 11.8 Å². The molecule has 1 atom stereocenters. The SMILES string of the molecule is Cc1cc(CC(=O)N[C@H](C)c2nnc(C(C)C)o2)on1. The van der Waals surface area contributed by atoms with Gasteiger partial charge >= 0.3 is 0 Å². The minimum Gasteiger partial charge on any atom is -0.423 e. The molecule has 2 heterocycles. The lowest BCUT2D eigenvalue weighted by Crippen LogP contribution is -2.28. The molecule has 108 valence electrons. The quantitative estimate of drug-likeness (QED) is 0.897. The molecule has 0 aromatic carbocycles. The maximum absolute atomic E-state index is 11.9. The lowest BCUT2D eigenvalue weighted by Gasteiger charge is -2.08. The van der Waals surface area contributed by atoms with Crippen LogP contribution in [-0.2, 0) is 11.2 Å². The van der Waals surface area contributed by atoms with Gasteiger partial charge in [0.25, 0.3) is 0 Å². The van der Waals surface area contributed by atoms with E-state index in [1.807, 2.05) is 13.8 Å². The molecule has 0 fully saturated rings. The zero-order chi connectivity index (χ0) is 14.7. The number of aryl methyl sites for hydroxylation is 1. The van der Waals surface area contributed by atoms with Gasteiger partial charge in [-0.1, -0.05) is 19.0 Å². The van der Waals surface area contributed by atoms with Gasteiger partial charge in [0.15, 0.2) is 0 Å². The molecule has 2 rings (SSSR count). The van der Waals surface area contributed by atoms with E-state index in [2.05, 4.69) is 20.7 Å². The molecule has 2 aromatic rings. The molecule has 7 nitrogen and oxygen atoms in total. The Morgan fingerprint density at radius 3 is 2.55 bits per heavy atom. The Labute approximate surface area is 116 Å². The summed E-state index contributed by atoms with van der Waals surface area (Å²) in [7, 11) is 0. The summed E-state index contributed by atoms with van der Waals surface area (Å²) >= 11 is 0. The maximum Gasteiger partial charge on any atom is 0.238 e. The molecule has 0 aliphatic heterocycles. The Morgan fingerprint density at radius 2 is 2.00 bits per heavy atom. The number of carbonyl (C=O) groups excluding carboxylic acids is 1. The van der Waals surface area contributed by atoms with Gasteiger partial charge in [0.05, 0.1) is 12.1 Å². The average molecular weight is 278 g/mol. The minimum absolute atomic E-state index is 0.135. The highest BCUT2D eigenvalue weighted by Crippen LogP contribution is 2.16. The molecule has 0 spiro atoms. The highest BCUT2D eigenvalue weighted by atomic mass is 16.5. The standard InChI is InChI=1S/C13H18N4O3/c1-7(2)12-15-16-13(19-12)9(4)14-11(18)6-10-5-8(3)17-20-10/h5,7,9H,6H2,1-4H3,(H,14,18)/t9-/m1/s1. The summed E-state index contributed by atoms with van der Waals surface area (Å²) in [4.78, 5) is 11.9. The molecule has 7 heteroatoms. The van der Waals surface area contributed by atoms with E-state index in [0.29, 0.717) is 17.5 Å². The van der Waals surface area contributed by atoms with Crippen LogP contribution in [0.2, 0.25) is 0 Å². The van der Waals surface area contributed by atoms with Crippen LogP contribution in [0, 0.1) is 6.92 Å². The zero-order valence-corrected chi connectivity index (χ0v) is 12.0. The topological polar surface area (TPSA) is 94.1 Å². The molecular weight excluding hydrogens is 260 g/mol. The van der Waals surface area contributed by atoms with Gasteiger partial charge in [-0.2, -0.15) is 0 Å². The van der Waals surface area contributed by atoms with E-state index in [-0.39, 0.29) is 24.3 Å². The summed E-state index contributed by atoms with van der Waals surface area (Å²) in [5.41, 5.74) is 0.749. The molecular formula is C13H18N4O3. The van der Waals surface area contributed by atoms with Gasteiger partial charge in [-0.15, -0.1) is 10.2 Å². The van der Waals surface area contributed by atoms with Gasteiger partial charge in [0, 0.05) is 12.0 Å². The van der Waals surface area contributed by atoms with Crippen molar-refractivity contribution in [3.8, 4) is 0 Å². The summed E-state index contributed by atoms with van der Waals surface area (Å²) in [5.74, 6) is 1.47. The number of hydrogen-bond acceptors (Lipinski definition) is 6. The Kier molecular flexibility index (Phi) is 4.16. The number of carbonyl (C=O) groups is 1. The second-order valence-electron chi connectivity index (χ2n) is 5.03. The smallest absolute Gasteiger partial charge is 0.238 e. The van der Waals surface area contributed by atoms with Crippen molar-refractivity contribution >= 4 is 5.91 Å². The van der Waals surface area contributed by atoms with Crippen molar-refractivity contribution in [2.45, 2.75) is 46.1 Å². The highest BCUT2D eigenvalue weighted by molar-refractivity contribution is 5.78. The van der Waals surface area contributed by atoms with Crippen molar-refractivity contribution in [2.24, 2.45) is 0 Å². The van der Waals surface area contributed by atoms with Gasteiger partial charge < -0.3 is 14.3 Å². The number of aromatic nitrogens is 3.